The maximum absolute atomic E-state index is 12.8. The molecule has 2 unspecified atom stereocenters. The van der Waals surface area contributed by atoms with Crippen LogP contribution in [0.4, 0.5) is 0 Å². The van der Waals surface area contributed by atoms with E-state index < -0.39 is 0 Å². The summed E-state index contributed by atoms with van der Waals surface area (Å²) in [6.07, 6.45) is 13.4. The molecule has 0 bridgehead atoms. The number of amides is 1. The van der Waals surface area contributed by atoms with Crippen LogP contribution in [0.2, 0.25) is 5.02 Å². The van der Waals surface area contributed by atoms with Crippen molar-refractivity contribution in [3.05, 3.63) is 88.3 Å². The van der Waals surface area contributed by atoms with Gasteiger partial charge in [0.25, 0.3) is 5.91 Å². The van der Waals surface area contributed by atoms with Crippen LogP contribution in [-0.2, 0) is 4.79 Å². The van der Waals surface area contributed by atoms with E-state index in [0.717, 1.165) is 11.1 Å². The van der Waals surface area contributed by atoms with Crippen LogP contribution in [0.5, 0.6) is 0 Å². The number of aliphatic imine (C=N–C) groups is 1. The SMILES string of the molecule is NCCC(NC(=O)C1=CC=C=C2C=NC=CC2C=C1)c1cccc(Cl)c1. The van der Waals surface area contributed by atoms with Gasteiger partial charge in [0.15, 0.2) is 0 Å². The molecule has 3 N–H and O–H groups in total. The minimum Gasteiger partial charge on any atom is -0.345 e. The Hall–Kier alpha value is -2.65. The molecule has 0 radical (unpaired) electrons. The third-order valence-corrected chi connectivity index (χ3v) is 4.46. The highest BCUT2D eigenvalue weighted by Crippen LogP contribution is 2.22. The Labute approximate surface area is 158 Å². The molecule has 3 rings (SSSR count). The first-order valence-electron chi connectivity index (χ1n) is 8.48. The van der Waals surface area contributed by atoms with Crippen molar-refractivity contribution in [2.24, 2.45) is 16.6 Å². The molecule has 1 amide bonds. The van der Waals surface area contributed by atoms with Gasteiger partial charge in [-0.3, -0.25) is 9.79 Å². The van der Waals surface area contributed by atoms with E-state index in [9.17, 15) is 4.79 Å². The molecule has 0 fully saturated rings. The number of rotatable bonds is 5. The molecule has 0 saturated carbocycles. The average molecular weight is 366 g/mol. The lowest BCUT2D eigenvalue weighted by atomic mass is 9.95. The molecule has 1 aliphatic heterocycles. The van der Waals surface area contributed by atoms with Crippen molar-refractivity contribution in [1.82, 2.24) is 5.32 Å². The Balaban J connectivity index is 1.80. The monoisotopic (exact) mass is 365 g/mol. The lowest BCUT2D eigenvalue weighted by Gasteiger charge is -2.19. The third-order valence-electron chi connectivity index (χ3n) is 4.22. The zero-order valence-corrected chi connectivity index (χ0v) is 15.0. The van der Waals surface area contributed by atoms with E-state index in [1.165, 1.54) is 0 Å². The van der Waals surface area contributed by atoms with Gasteiger partial charge >= 0.3 is 0 Å². The third kappa shape index (κ3) is 4.50. The number of allylic oxidation sites excluding steroid dienone is 4. The Morgan fingerprint density at radius 3 is 3.08 bits per heavy atom. The standard InChI is InChI=1S/C21H20ClN3O/c22-19-6-2-4-17(13-19)20(9-11-23)25-21(26)16-3-1-5-18-14-24-12-10-15(18)7-8-16/h1-4,6-8,10,12-15,20H,9,11,23H2,(H,25,26). The van der Waals surface area contributed by atoms with Crippen LogP contribution in [0.25, 0.3) is 0 Å². The fraction of sp³-hybridized carbons (Fsp3) is 0.190. The van der Waals surface area contributed by atoms with E-state index in [4.69, 9.17) is 17.3 Å². The van der Waals surface area contributed by atoms with Crippen molar-refractivity contribution in [2.75, 3.05) is 6.54 Å². The van der Waals surface area contributed by atoms with Crippen molar-refractivity contribution in [1.29, 1.82) is 0 Å². The molecule has 132 valence electrons. The number of halogens is 1. The van der Waals surface area contributed by atoms with Gasteiger partial charge in [0.1, 0.15) is 0 Å². The summed E-state index contributed by atoms with van der Waals surface area (Å²) in [6, 6.07) is 7.28. The van der Waals surface area contributed by atoms with E-state index in [-0.39, 0.29) is 17.9 Å². The molecule has 26 heavy (non-hydrogen) atoms. The molecule has 4 nitrogen and oxygen atoms in total. The van der Waals surface area contributed by atoms with E-state index in [1.54, 1.807) is 24.6 Å². The summed E-state index contributed by atoms with van der Waals surface area (Å²) in [5, 5.41) is 3.69. The van der Waals surface area contributed by atoms with Crippen LogP contribution in [0, 0.1) is 5.92 Å². The molecule has 0 saturated heterocycles. The van der Waals surface area contributed by atoms with Crippen molar-refractivity contribution >= 4 is 23.7 Å². The van der Waals surface area contributed by atoms with E-state index >= 15 is 0 Å². The maximum Gasteiger partial charge on any atom is 0.251 e. The molecule has 0 spiro atoms. The second kappa shape index (κ2) is 8.63. The summed E-state index contributed by atoms with van der Waals surface area (Å²) >= 11 is 6.08. The molecule has 2 atom stereocenters. The van der Waals surface area contributed by atoms with Crippen LogP contribution < -0.4 is 11.1 Å². The Bertz CT molecular complexity index is 873. The van der Waals surface area contributed by atoms with Crippen LogP contribution in [0.15, 0.2) is 82.7 Å². The second-order valence-corrected chi connectivity index (χ2v) is 6.49. The van der Waals surface area contributed by atoms with Gasteiger partial charge in [-0.05, 0) is 42.8 Å². The summed E-state index contributed by atoms with van der Waals surface area (Å²) in [4.78, 5) is 16.9. The topological polar surface area (TPSA) is 67.5 Å². The predicted molar refractivity (Wildman–Crippen MR) is 106 cm³/mol. The number of hydrogen-bond acceptors (Lipinski definition) is 3. The van der Waals surface area contributed by atoms with Crippen LogP contribution in [0.1, 0.15) is 18.0 Å². The Morgan fingerprint density at radius 1 is 1.38 bits per heavy atom. The number of fused-ring (bicyclic) bond motifs is 1. The molecule has 0 aromatic heterocycles. The summed E-state index contributed by atoms with van der Waals surface area (Å²) in [5.41, 5.74) is 11.4. The van der Waals surface area contributed by atoms with Crippen molar-refractivity contribution in [2.45, 2.75) is 12.5 Å². The van der Waals surface area contributed by atoms with Gasteiger partial charge in [0.2, 0.25) is 0 Å². The maximum atomic E-state index is 12.8. The van der Waals surface area contributed by atoms with Gasteiger partial charge in [-0.25, -0.2) is 0 Å². The predicted octanol–water partition coefficient (Wildman–Crippen LogP) is 3.64. The number of benzene rings is 1. The minimum atomic E-state index is -0.192. The highest BCUT2D eigenvalue weighted by molar-refractivity contribution is 6.30. The average Bonchev–Trinajstić information content (AvgIpc) is 2.62. The summed E-state index contributed by atoms with van der Waals surface area (Å²) in [6.45, 7) is 0.463. The van der Waals surface area contributed by atoms with Crippen LogP contribution >= 0.6 is 11.6 Å². The molecular formula is C21H20ClN3O. The molecule has 1 aromatic rings. The second-order valence-electron chi connectivity index (χ2n) is 6.05. The highest BCUT2D eigenvalue weighted by atomic mass is 35.5. The molecular weight excluding hydrogens is 346 g/mol. The van der Waals surface area contributed by atoms with Gasteiger partial charge in [0, 0.05) is 34.5 Å². The molecule has 1 aromatic carbocycles. The first-order chi connectivity index (χ1) is 12.7. The quantitative estimate of drug-likeness (QED) is 0.782. The smallest absolute Gasteiger partial charge is 0.251 e. The fourth-order valence-corrected chi connectivity index (χ4v) is 3.05. The lowest BCUT2D eigenvalue weighted by molar-refractivity contribution is -0.117. The van der Waals surface area contributed by atoms with Crippen molar-refractivity contribution in [3.8, 4) is 0 Å². The summed E-state index contributed by atoms with van der Waals surface area (Å²) in [7, 11) is 0. The zero-order valence-electron chi connectivity index (χ0n) is 14.2. The summed E-state index contributed by atoms with van der Waals surface area (Å²) < 4.78 is 0. The number of carbonyl (C=O) groups is 1. The highest BCUT2D eigenvalue weighted by Gasteiger charge is 2.17. The Kier molecular flexibility index (Phi) is 6.03. The van der Waals surface area contributed by atoms with Gasteiger partial charge < -0.3 is 11.1 Å². The van der Waals surface area contributed by atoms with Gasteiger partial charge in [-0.2, -0.15) is 0 Å². The largest absolute Gasteiger partial charge is 0.345 e. The Morgan fingerprint density at radius 2 is 2.27 bits per heavy atom. The van der Waals surface area contributed by atoms with Crippen molar-refractivity contribution in [3.63, 3.8) is 0 Å². The van der Waals surface area contributed by atoms with Crippen LogP contribution in [-0.4, -0.2) is 18.7 Å². The number of nitrogens with two attached hydrogens (primary N) is 1. The number of hydrogen-bond donors (Lipinski definition) is 2. The van der Waals surface area contributed by atoms with E-state index in [2.05, 4.69) is 16.0 Å². The van der Waals surface area contributed by atoms with Crippen LogP contribution in [0.3, 0.4) is 0 Å². The minimum absolute atomic E-state index is 0.0769. The van der Waals surface area contributed by atoms with Gasteiger partial charge in [0.05, 0.1) is 6.04 Å². The van der Waals surface area contributed by atoms with E-state index in [0.29, 0.717) is 23.6 Å². The lowest BCUT2D eigenvalue weighted by Crippen LogP contribution is -2.31. The first-order valence-corrected chi connectivity index (χ1v) is 8.86. The zero-order chi connectivity index (χ0) is 18.4. The number of carbonyl (C=O) groups excluding carboxylic acids is 1. The number of nitrogens with one attached hydrogen (secondary N) is 1. The summed E-state index contributed by atoms with van der Waals surface area (Å²) in [5.74, 6) is -0.0809. The molecule has 5 heteroatoms. The van der Waals surface area contributed by atoms with Gasteiger partial charge in [-0.1, -0.05) is 42.0 Å². The normalized spacial score (nSPS) is 19.1. The molecule has 2 aliphatic rings. The number of nitrogens with zero attached hydrogens (tertiary/aromatic N) is 1. The molecule has 1 heterocycles. The van der Waals surface area contributed by atoms with E-state index in [1.807, 2.05) is 42.5 Å². The first kappa shape index (κ1) is 18.2. The van der Waals surface area contributed by atoms with Crippen molar-refractivity contribution < 1.29 is 4.79 Å². The fourth-order valence-electron chi connectivity index (χ4n) is 2.85. The van der Waals surface area contributed by atoms with Gasteiger partial charge in [-0.15, -0.1) is 5.73 Å². The molecule has 1 aliphatic carbocycles.